The van der Waals surface area contributed by atoms with Gasteiger partial charge >= 0.3 is 0 Å². The minimum atomic E-state index is -0.926. The Kier molecular flexibility index (Phi) is 5.89. The zero-order chi connectivity index (χ0) is 12.9. The van der Waals surface area contributed by atoms with Crippen molar-refractivity contribution in [3.8, 4) is 0 Å². The van der Waals surface area contributed by atoms with Gasteiger partial charge in [-0.05, 0) is 53.0 Å². The van der Waals surface area contributed by atoms with Gasteiger partial charge in [-0.25, -0.2) is 0 Å². The summed E-state index contributed by atoms with van der Waals surface area (Å²) in [4.78, 5) is 0. The van der Waals surface area contributed by atoms with Crippen LogP contribution in [-0.4, -0.2) is 18.3 Å². The van der Waals surface area contributed by atoms with Crippen molar-refractivity contribution in [1.29, 1.82) is 0 Å². The van der Waals surface area contributed by atoms with Crippen molar-refractivity contribution in [2.24, 2.45) is 5.92 Å². The SMILES string of the molecule is CCOC[C@](O)(I)c1ccc(CC(C)C)cc1. The molecule has 17 heavy (non-hydrogen) atoms. The molecule has 3 heteroatoms. The summed E-state index contributed by atoms with van der Waals surface area (Å²) in [6, 6.07) is 8.15. The standard InChI is InChI=1S/C14H21IO2/c1-4-17-10-14(15,16)13-7-5-12(6-8-13)9-11(2)3/h5-8,11,16H,4,9-10H2,1-3H3/t14-/m1/s1. The summed E-state index contributed by atoms with van der Waals surface area (Å²) in [5.74, 6) is 0.655. The summed E-state index contributed by atoms with van der Waals surface area (Å²) in [6.07, 6.45) is 1.07. The van der Waals surface area contributed by atoms with E-state index in [1.165, 1.54) is 5.56 Å². The fourth-order valence-corrected chi connectivity index (χ4v) is 2.27. The quantitative estimate of drug-likeness (QED) is 0.630. The topological polar surface area (TPSA) is 29.5 Å². The number of benzene rings is 1. The number of halogens is 1. The Balaban J connectivity index is 2.72. The molecule has 0 radical (unpaired) electrons. The highest BCUT2D eigenvalue weighted by Crippen LogP contribution is 2.29. The van der Waals surface area contributed by atoms with E-state index in [-0.39, 0.29) is 0 Å². The summed E-state index contributed by atoms with van der Waals surface area (Å²) in [7, 11) is 0. The van der Waals surface area contributed by atoms with Crippen LogP contribution in [-0.2, 0) is 14.8 Å². The Morgan fingerprint density at radius 3 is 2.35 bits per heavy atom. The third kappa shape index (κ3) is 4.94. The summed E-state index contributed by atoms with van der Waals surface area (Å²) >= 11 is 2.03. The summed E-state index contributed by atoms with van der Waals surface area (Å²) in [6.45, 7) is 7.29. The summed E-state index contributed by atoms with van der Waals surface area (Å²) in [5, 5.41) is 10.3. The van der Waals surface area contributed by atoms with Gasteiger partial charge in [-0.1, -0.05) is 38.1 Å². The van der Waals surface area contributed by atoms with Gasteiger partial charge in [0.15, 0.2) is 3.61 Å². The van der Waals surface area contributed by atoms with E-state index in [0.29, 0.717) is 19.1 Å². The number of hydrogen-bond acceptors (Lipinski definition) is 2. The van der Waals surface area contributed by atoms with E-state index in [0.717, 1.165) is 12.0 Å². The fraction of sp³-hybridized carbons (Fsp3) is 0.571. The van der Waals surface area contributed by atoms with Gasteiger partial charge in [-0.3, -0.25) is 0 Å². The number of aliphatic hydroxyl groups is 1. The molecule has 96 valence electrons. The lowest BCUT2D eigenvalue weighted by atomic mass is 10.0. The van der Waals surface area contributed by atoms with Crippen molar-refractivity contribution in [1.82, 2.24) is 0 Å². The Morgan fingerprint density at radius 2 is 1.88 bits per heavy atom. The fourth-order valence-electron chi connectivity index (χ4n) is 1.69. The lowest BCUT2D eigenvalue weighted by molar-refractivity contribution is 0.0296. The molecule has 1 atom stereocenters. The van der Waals surface area contributed by atoms with Gasteiger partial charge in [0.1, 0.15) is 0 Å². The van der Waals surface area contributed by atoms with Gasteiger partial charge in [-0.15, -0.1) is 0 Å². The number of alkyl halides is 1. The molecule has 0 aliphatic heterocycles. The van der Waals surface area contributed by atoms with E-state index < -0.39 is 3.61 Å². The zero-order valence-corrected chi connectivity index (χ0v) is 12.9. The van der Waals surface area contributed by atoms with E-state index in [4.69, 9.17) is 4.74 Å². The van der Waals surface area contributed by atoms with Crippen LogP contribution >= 0.6 is 22.6 Å². The van der Waals surface area contributed by atoms with Crippen LogP contribution in [0.15, 0.2) is 24.3 Å². The molecular weight excluding hydrogens is 327 g/mol. The Hall–Kier alpha value is -0.130. The van der Waals surface area contributed by atoms with Crippen molar-refractivity contribution in [2.45, 2.75) is 30.8 Å². The Morgan fingerprint density at radius 1 is 1.29 bits per heavy atom. The van der Waals surface area contributed by atoms with E-state index in [2.05, 4.69) is 26.0 Å². The maximum atomic E-state index is 10.3. The van der Waals surface area contributed by atoms with Gasteiger partial charge in [-0.2, -0.15) is 0 Å². The van der Waals surface area contributed by atoms with Crippen LogP contribution in [0.25, 0.3) is 0 Å². The molecule has 0 aromatic heterocycles. The molecule has 0 bridgehead atoms. The van der Waals surface area contributed by atoms with E-state index in [1.807, 2.05) is 41.6 Å². The van der Waals surface area contributed by atoms with Crippen LogP contribution in [0.4, 0.5) is 0 Å². The van der Waals surface area contributed by atoms with Crippen LogP contribution in [0.3, 0.4) is 0 Å². The molecule has 0 aliphatic rings. The van der Waals surface area contributed by atoms with Crippen LogP contribution in [0, 0.1) is 5.92 Å². The highest BCUT2D eigenvalue weighted by Gasteiger charge is 2.25. The minimum Gasteiger partial charge on any atom is -0.378 e. The summed E-state index contributed by atoms with van der Waals surface area (Å²) < 4.78 is 4.36. The minimum absolute atomic E-state index is 0.327. The van der Waals surface area contributed by atoms with Gasteiger partial charge in [0.2, 0.25) is 0 Å². The van der Waals surface area contributed by atoms with Gasteiger partial charge in [0.25, 0.3) is 0 Å². The van der Waals surface area contributed by atoms with Crippen molar-refractivity contribution in [2.75, 3.05) is 13.2 Å². The normalized spacial score (nSPS) is 14.9. The lowest BCUT2D eigenvalue weighted by Gasteiger charge is -2.21. The second-order valence-corrected chi connectivity index (χ2v) is 6.48. The molecule has 0 saturated carbocycles. The molecule has 0 heterocycles. The predicted molar refractivity (Wildman–Crippen MR) is 79.4 cm³/mol. The van der Waals surface area contributed by atoms with Crippen LogP contribution in [0.5, 0.6) is 0 Å². The van der Waals surface area contributed by atoms with Crippen molar-refractivity contribution >= 4 is 22.6 Å². The van der Waals surface area contributed by atoms with Crippen LogP contribution < -0.4 is 0 Å². The molecule has 0 aliphatic carbocycles. The number of hydrogen-bond donors (Lipinski definition) is 1. The monoisotopic (exact) mass is 348 g/mol. The maximum Gasteiger partial charge on any atom is 0.164 e. The van der Waals surface area contributed by atoms with E-state index in [1.54, 1.807) is 0 Å². The second kappa shape index (κ2) is 6.71. The first-order valence-electron chi connectivity index (χ1n) is 6.04. The number of ether oxygens (including phenoxy) is 1. The third-order valence-electron chi connectivity index (χ3n) is 2.54. The molecular formula is C14H21IO2. The van der Waals surface area contributed by atoms with Gasteiger partial charge < -0.3 is 9.84 Å². The first kappa shape index (κ1) is 14.9. The molecule has 0 amide bonds. The smallest absolute Gasteiger partial charge is 0.164 e. The second-order valence-electron chi connectivity index (χ2n) is 4.69. The van der Waals surface area contributed by atoms with E-state index in [9.17, 15) is 5.11 Å². The average Bonchev–Trinajstić information content (AvgIpc) is 2.26. The molecule has 0 unspecified atom stereocenters. The highest BCUT2D eigenvalue weighted by atomic mass is 127. The summed E-state index contributed by atoms with van der Waals surface area (Å²) in [5.41, 5.74) is 2.21. The molecule has 0 saturated heterocycles. The lowest BCUT2D eigenvalue weighted by Crippen LogP contribution is -2.24. The average molecular weight is 348 g/mol. The van der Waals surface area contributed by atoms with Crippen molar-refractivity contribution in [3.05, 3.63) is 35.4 Å². The number of rotatable bonds is 6. The van der Waals surface area contributed by atoms with Crippen molar-refractivity contribution < 1.29 is 9.84 Å². The third-order valence-corrected chi connectivity index (χ3v) is 3.47. The van der Waals surface area contributed by atoms with Crippen LogP contribution in [0.2, 0.25) is 0 Å². The van der Waals surface area contributed by atoms with Crippen LogP contribution in [0.1, 0.15) is 31.9 Å². The zero-order valence-electron chi connectivity index (χ0n) is 10.7. The molecule has 2 nitrogen and oxygen atoms in total. The maximum absolute atomic E-state index is 10.3. The molecule has 1 rings (SSSR count). The first-order valence-corrected chi connectivity index (χ1v) is 7.12. The molecule has 0 spiro atoms. The first-order chi connectivity index (χ1) is 7.95. The molecule has 1 aromatic rings. The largest absolute Gasteiger partial charge is 0.378 e. The predicted octanol–water partition coefficient (Wildman–Crippen LogP) is 3.50. The van der Waals surface area contributed by atoms with Gasteiger partial charge in [0, 0.05) is 6.61 Å². The van der Waals surface area contributed by atoms with E-state index >= 15 is 0 Å². The highest BCUT2D eigenvalue weighted by molar-refractivity contribution is 14.1. The molecule has 0 fully saturated rings. The Bertz CT molecular complexity index is 331. The van der Waals surface area contributed by atoms with Crippen molar-refractivity contribution in [3.63, 3.8) is 0 Å². The Labute approximate surface area is 118 Å². The molecule has 1 N–H and O–H groups in total. The molecule has 1 aromatic carbocycles. The van der Waals surface area contributed by atoms with Gasteiger partial charge in [0.05, 0.1) is 6.61 Å².